The number of H-pyrrole nitrogens is 1. The third-order valence-corrected chi connectivity index (χ3v) is 1.17. The molecule has 0 aromatic carbocycles. The molecule has 2 aromatic heterocycles. The van der Waals surface area contributed by atoms with Crippen molar-refractivity contribution in [2.75, 3.05) is 0 Å². The molecular formula is C10H12Cr2F2N2O6. The van der Waals surface area contributed by atoms with E-state index in [1.54, 1.807) is 12.4 Å². The summed E-state index contributed by atoms with van der Waals surface area (Å²) < 4.78 is 51.2. The number of pyridine rings is 2. The van der Waals surface area contributed by atoms with Crippen LogP contribution in [0.4, 0.5) is 4.70 Å². The van der Waals surface area contributed by atoms with Gasteiger partial charge in [0.15, 0.2) is 12.4 Å². The number of aromatic amines is 1. The van der Waals surface area contributed by atoms with Gasteiger partial charge >= 0.3 is 50.7 Å². The van der Waals surface area contributed by atoms with Crippen LogP contribution in [0.3, 0.4) is 0 Å². The molecule has 0 bridgehead atoms. The minimum atomic E-state index is -3.79. The minimum Gasteiger partial charge on any atom is -0.265 e. The summed E-state index contributed by atoms with van der Waals surface area (Å²) in [5.41, 5.74) is 0. The Bertz CT molecular complexity index is 511. The van der Waals surface area contributed by atoms with Crippen LogP contribution >= 0.6 is 0 Å². The SMILES string of the molecule is F.[F-].[O]=[Cr](=[O])=[O].[O]=[Cr](=[O])=[O].c1cc[nH+]cc1.c1ccncc1. The summed E-state index contributed by atoms with van der Waals surface area (Å²) in [6.45, 7) is 0. The van der Waals surface area contributed by atoms with Crippen LogP contribution in [0.15, 0.2) is 61.2 Å². The normalized spacial score (nSPS) is 6.55. The molecule has 2 aromatic rings. The van der Waals surface area contributed by atoms with Gasteiger partial charge in [-0.1, -0.05) is 12.1 Å². The van der Waals surface area contributed by atoms with Crippen molar-refractivity contribution in [1.29, 1.82) is 0 Å². The van der Waals surface area contributed by atoms with E-state index in [1.807, 2.05) is 48.8 Å². The molecule has 22 heavy (non-hydrogen) atoms. The van der Waals surface area contributed by atoms with E-state index in [2.05, 4.69) is 9.97 Å². The van der Waals surface area contributed by atoms with E-state index in [1.165, 1.54) is 0 Å². The van der Waals surface area contributed by atoms with Crippen LogP contribution in [0.2, 0.25) is 0 Å². The quantitative estimate of drug-likeness (QED) is 0.503. The van der Waals surface area contributed by atoms with Crippen molar-refractivity contribution < 1.29 is 65.1 Å². The summed E-state index contributed by atoms with van der Waals surface area (Å²) in [6.07, 6.45) is 7.25. The first-order valence-corrected chi connectivity index (χ1v) is 7.88. The van der Waals surface area contributed by atoms with E-state index < -0.39 is 27.9 Å². The fourth-order valence-corrected chi connectivity index (χ4v) is 0.655. The van der Waals surface area contributed by atoms with Gasteiger partial charge in [-0.05, 0) is 12.1 Å². The Morgan fingerprint density at radius 1 is 0.636 bits per heavy atom. The zero-order chi connectivity index (χ0) is 15.6. The number of nitrogens with one attached hydrogen (secondary N) is 1. The largest absolute Gasteiger partial charge is 0.265 e. The fraction of sp³-hybridized carbons (Fsp3) is 0. The third-order valence-electron chi connectivity index (χ3n) is 1.17. The van der Waals surface area contributed by atoms with Gasteiger partial charge in [-0.3, -0.25) is 9.69 Å². The molecule has 0 aliphatic carbocycles. The molecule has 0 fully saturated rings. The average molecular weight is 398 g/mol. The Kier molecular flexibility index (Phi) is 30.9. The van der Waals surface area contributed by atoms with Gasteiger partial charge in [-0.15, -0.1) is 0 Å². The Labute approximate surface area is 131 Å². The summed E-state index contributed by atoms with van der Waals surface area (Å²) in [6, 6.07) is 11.6. The van der Waals surface area contributed by atoms with Gasteiger partial charge < -0.3 is 4.70 Å². The molecule has 0 radical (unpaired) electrons. The maximum absolute atomic E-state index is 8.54. The number of hydrogen-bond acceptors (Lipinski definition) is 7. The molecule has 0 amide bonds. The first kappa shape index (κ1) is 28.2. The summed E-state index contributed by atoms with van der Waals surface area (Å²) >= 11 is -7.58. The van der Waals surface area contributed by atoms with Crippen LogP contribution in [0.25, 0.3) is 0 Å². The van der Waals surface area contributed by atoms with E-state index in [-0.39, 0.29) is 9.41 Å². The van der Waals surface area contributed by atoms with E-state index in [0.29, 0.717) is 0 Å². The molecule has 0 unspecified atom stereocenters. The second-order valence-electron chi connectivity index (χ2n) is 2.51. The molecule has 0 aliphatic heterocycles. The van der Waals surface area contributed by atoms with E-state index >= 15 is 0 Å². The van der Waals surface area contributed by atoms with E-state index in [0.717, 1.165) is 0 Å². The monoisotopic (exact) mass is 398 g/mol. The van der Waals surface area contributed by atoms with Gasteiger partial charge in [-0.2, -0.15) is 0 Å². The summed E-state index contributed by atoms with van der Waals surface area (Å²) in [5, 5.41) is 0. The summed E-state index contributed by atoms with van der Waals surface area (Å²) in [4.78, 5) is 6.68. The standard InChI is InChI=1S/2C5H5N.2Cr.2FH.6O/c2*1-2-4-6-5-3-1;;;;;;;;;;/h2*1-5H;;;2*1H;;;;;;. The zero-order valence-corrected chi connectivity index (χ0v) is 13.3. The Morgan fingerprint density at radius 2 is 0.955 bits per heavy atom. The molecule has 0 aliphatic rings. The topological polar surface area (TPSA) is 129 Å². The van der Waals surface area contributed by atoms with Gasteiger partial charge in [0.05, 0.1) is 0 Å². The van der Waals surface area contributed by atoms with Crippen molar-refractivity contribution >= 4 is 0 Å². The van der Waals surface area contributed by atoms with Gasteiger partial charge in [0.1, 0.15) is 0 Å². The molecule has 1 N–H and O–H groups in total. The van der Waals surface area contributed by atoms with Crippen molar-refractivity contribution in [2.45, 2.75) is 0 Å². The minimum absolute atomic E-state index is 0. The van der Waals surface area contributed by atoms with Crippen molar-refractivity contribution in [3.8, 4) is 0 Å². The average Bonchev–Trinajstić information content (AvgIpc) is 2.42. The molecule has 124 valence electrons. The van der Waals surface area contributed by atoms with Gasteiger partial charge in [0.25, 0.3) is 0 Å². The van der Waals surface area contributed by atoms with Crippen LogP contribution in [-0.4, -0.2) is 4.98 Å². The van der Waals surface area contributed by atoms with Crippen molar-refractivity contribution in [1.82, 2.24) is 4.98 Å². The van der Waals surface area contributed by atoms with Crippen LogP contribution in [0.1, 0.15) is 0 Å². The summed E-state index contributed by atoms with van der Waals surface area (Å²) in [7, 11) is 0. The molecule has 0 saturated carbocycles. The van der Waals surface area contributed by atoms with Crippen LogP contribution in [0.5, 0.6) is 0 Å². The molecule has 0 spiro atoms. The van der Waals surface area contributed by atoms with Gasteiger partial charge in [0, 0.05) is 24.5 Å². The third kappa shape index (κ3) is 52.0. The molecule has 0 atom stereocenters. The van der Waals surface area contributed by atoms with E-state index in [4.69, 9.17) is 22.8 Å². The fourth-order valence-electron chi connectivity index (χ4n) is 0.655. The first-order valence-electron chi connectivity index (χ1n) is 4.76. The number of aromatic nitrogens is 2. The van der Waals surface area contributed by atoms with Gasteiger partial charge in [-0.25, -0.2) is 4.98 Å². The molecular weight excluding hydrogens is 386 g/mol. The second kappa shape index (κ2) is 24.1. The number of rotatable bonds is 0. The number of nitrogens with zero attached hydrogens (tertiary/aromatic N) is 1. The molecule has 12 heteroatoms. The maximum Gasteiger partial charge on any atom is 0.166 e. The zero-order valence-electron chi connectivity index (χ0n) is 10.8. The predicted molar refractivity (Wildman–Crippen MR) is 53.9 cm³/mol. The van der Waals surface area contributed by atoms with Crippen molar-refractivity contribution in [3.63, 3.8) is 0 Å². The van der Waals surface area contributed by atoms with Crippen molar-refractivity contribution in [2.24, 2.45) is 0 Å². The van der Waals surface area contributed by atoms with E-state index in [9.17, 15) is 0 Å². The van der Waals surface area contributed by atoms with Crippen LogP contribution < -0.4 is 9.69 Å². The van der Waals surface area contributed by atoms with Gasteiger partial charge in [0.2, 0.25) is 0 Å². The Balaban J connectivity index is -0.0000000975. The maximum atomic E-state index is 8.54. The number of halogens is 2. The Morgan fingerprint density at radius 3 is 1.05 bits per heavy atom. The molecule has 2 rings (SSSR count). The van der Waals surface area contributed by atoms with Crippen LogP contribution in [-0.2, 0) is 50.7 Å². The second-order valence-corrected chi connectivity index (χ2v) is 3.79. The smallest absolute Gasteiger partial charge is 0.166 e. The van der Waals surface area contributed by atoms with Crippen LogP contribution in [0, 0.1) is 0 Å². The molecule has 0 saturated heterocycles. The molecule has 8 nitrogen and oxygen atoms in total. The molecule has 2 heterocycles. The Hall–Kier alpha value is -1.98. The summed E-state index contributed by atoms with van der Waals surface area (Å²) in [5.74, 6) is 0. The van der Waals surface area contributed by atoms with Crippen molar-refractivity contribution in [3.05, 3.63) is 61.2 Å². The first-order chi connectivity index (χ1) is 9.46. The number of hydrogen-bond donors (Lipinski definition) is 0. The predicted octanol–water partition coefficient (Wildman–Crippen LogP) is -1.98.